The molecule has 0 heterocycles. The smallest absolute Gasteiger partial charge is 0.281 e. The van der Waals surface area contributed by atoms with E-state index in [0.717, 1.165) is 30.3 Å². The van der Waals surface area contributed by atoms with Gasteiger partial charge in [-0.3, -0.25) is 39.9 Å². The second-order valence-corrected chi connectivity index (χ2v) is 4.98. The zero-order chi connectivity index (χ0) is 18.5. The zero-order valence-corrected chi connectivity index (χ0v) is 12.0. The monoisotopic (exact) mass is 343 g/mol. The first-order valence-electron chi connectivity index (χ1n) is 6.58. The van der Waals surface area contributed by atoms with Crippen molar-refractivity contribution in [2.75, 3.05) is 0 Å². The second-order valence-electron chi connectivity index (χ2n) is 4.98. The van der Waals surface area contributed by atoms with Gasteiger partial charge in [0.25, 0.3) is 17.1 Å². The van der Waals surface area contributed by atoms with E-state index in [1.807, 2.05) is 0 Å². The molecule has 2 aromatic carbocycles. The summed E-state index contributed by atoms with van der Waals surface area (Å²) in [6.45, 7) is 0. The maximum absolute atomic E-state index is 12.7. The van der Waals surface area contributed by atoms with Crippen LogP contribution in [0.15, 0.2) is 30.3 Å². The minimum atomic E-state index is -1.17. The molecule has 0 radical (unpaired) electrons. The molecule has 0 aliphatic heterocycles. The molecule has 0 saturated carbocycles. The maximum Gasteiger partial charge on any atom is 0.281 e. The predicted octanol–water partition coefficient (Wildman–Crippen LogP) is 2.19. The number of fused-ring (bicyclic) bond motifs is 2. The lowest BCUT2D eigenvalue weighted by molar-refractivity contribution is -0.389. The van der Waals surface area contributed by atoms with E-state index in [2.05, 4.69) is 0 Å². The van der Waals surface area contributed by atoms with Gasteiger partial charge in [0.1, 0.15) is 16.7 Å². The van der Waals surface area contributed by atoms with Gasteiger partial charge in [-0.2, -0.15) is 0 Å². The summed E-state index contributed by atoms with van der Waals surface area (Å²) in [4.78, 5) is 56.0. The highest BCUT2D eigenvalue weighted by Crippen LogP contribution is 2.40. The first-order chi connectivity index (χ1) is 11.8. The van der Waals surface area contributed by atoms with E-state index in [0.29, 0.717) is 0 Å². The largest absolute Gasteiger partial charge is 0.288 e. The van der Waals surface area contributed by atoms with Gasteiger partial charge < -0.3 is 0 Å². The van der Waals surface area contributed by atoms with Gasteiger partial charge >= 0.3 is 0 Å². The number of ketones is 2. The van der Waals surface area contributed by atoms with Gasteiger partial charge in [0.15, 0.2) is 0 Å². The van der Waals surface area contributed by atoms with Crippen molar-refractivity contribution in [3.8, 4) is 0 Å². The van der Waals surface area contributed by atoms with Crippen LogP contribution in [-0.4, -0.2) is 26.3 Å². The maximum atomic E-state index is 12.7. The molecule has 0 unspecified atom stereocenters. The molecule has 0 aromatic heterocycles. The lowest BCUT2D eigenvalue weighted by atomic mass is 9.81. The number of nitro benzene ring substituents is 3. The van der Waals surface area contributed by atoms with Gasteiger partial charge in [-0.15, -0.1) is 0 Å². The Bertz CT molecular complexity index is 1030. The Kier molecular flexibility index (Phi) is 3.34. The van der Waals surface area contributed by atoms with Crippen molar-refractivity contribution in [3.05, 3.63) is 82.9 Å². The molecule has 0 atom stereocenters. The molecule has 11 heteroatoms. The lowest BCUT2D eigenvalue weighted by Crippen LogP contribution is -2.24. The summed E-state index contributed by atoms with van der Waals surface area (Å²) < 4.78 is 0. The summed E-state index contributed by atoms with van der Waals surface area (Å²) in [7, 11) is 0. The molecule has 3 rings (SSSR count). The molecule has 124 valence electrons. The first kappa shape index (κ1) is 15.9. The molecule has 11 nitrogen and oxygen atoms in total. The summed E-state index contributed by atoms with van der Waals surface area (Å²) in [6.07, 6.45) is 0. The number of carbonyl (C=O) groups excluding carboxylic acids is 2. The number of benzene rings is 2. The SMILES string of the molecule is O=C1c2cccc([N+](=O)[O-])c2C(=O)c2c([N+](=O)[O-])ccc([N+](=O)[O-])c21. The number of rotatable bonds is 3. The Hall–Kier alpha value is -4.02. The van der Waals surface area contributed by atoms with E-state index in [9.17, 15) is 39.9 Å². The topological polar surface area (TPSA) is 164 Å². The van der Waals surface area contributed by atoms with E-state index >= 15 is 0 Å². The van der Waals surface area contributed by atoms with E-state index < -0.39 is 65.7 Å². The summed E-state index contributed by atoms with van der Waals surface area (Å²) in [5, 5.41) is 33.5. The molecular formula is C14H5N3O8. The Morgan fingerprint density at radius 2 is 1.04 bits per heavy atom. The van der Waals surface area contributed by atoms with Gasteiger partial charge in [0.2, 0.25) is 11.6 Å². The molecule has 0 saturated heterocycles. The van der Waals surface area contributed by atoms with E-state index in [4.69, 9.17) is 0 Å². The van der Waals surface area contributed by atoms with Gasteiger partial charge in [0.05, 0.1) is 14.8 Å². The summed E-state index contributed by atoms with van der Waals surface area (Å²) in [5.74, 6) is -2.23. The zero-order valence-electron chi connectivity index (χ0n) is 12.0. The fraction of sp³-hybridized carbons (Fsp3) is 0. The number of nitrogens with zero attached hydrogens (tertiary/aromatic N) is 3. The van der Waals surface area contributed by atoms with Crippen LogP contribution in [0.3, 0.4) is 0 Å². The molecule has 0 bridgehead atoms. The van der Waals surface area contributed by atoms with Crippen molar-refractivity contribution < 1.29 is 24.4 Å². The van der Waals surface area contributed by atoms with Crippen LogP contribution < -0.4 is 0 Å². The van der Waals surface area contributed by atoms with Gasteiger partial charge in [0, 0.05) is 23.8 Å². The Morgan fingerprint density at radius 3 is 1.52 bits per heavy atom. The normalized spacial score (nSPS) is 12.3. The molecule has 1 aliphatic rings. The van der Waals surface area contributed by atoms with Crippen LogP contribution in [0, 0.1) is 30.3 Å². The quantitative estimate of drug-likeness (QED) is 0.515. The van der Waals surface area contributed by atoms with Crippen LogP contribution in [0.25, 0.3) is 0 Å². The highest BCUT2D eigenvalue weighted by molar-refractivity contribution is 6.32. The third-order valence-corrected chi connectivity index (χ3v) is 3.72. The Balaban J connectivity index is 2.47. The minimum Gasteiger partial charge on any atom is -0.288 e. The highest BCUT2D eigenvalue weighted by atomic mass is 16.6. The summed E-state index contributed by atoms with van der Waals surface area (Å²) >= 11 is 0. The molecule has 1 aliphatic carbocycles. The van der Waals surface area contributed by atoms with Crippen LogP contribution in [-0.2, 0) is 0 Å². The molecule has 0 N–H and O–H groups in total. The Morgan fingerprint density at radius 1 is 0.600 bits per heavy atom. The van der Waals surface area contributed by atoms with Crippen molar-refractivity contribution >= 4 is 28.6 Å². The summed E-state index contributed by atoms with van der Waals surface area (Å²) in [6, 6.07) is 4.70. The number of hydrogen-bond donors (Lipinski definition) is 0. The average Bonchev–Trinajstić information content (AvgIpc) is 2.57. The van der Waals surface area contributed by atoms with Gasteiger partial charge in [-0.25, -0.2) is 0 Å². The van der Waals surface area contributed by atoms with E-state index in [-0.39, 0.29) is 0 Å². The number of hydrogen-bond acceptors (Lipinski definition) is 8. The third kappa shape index (κ3) is 2.14. The van der Waals surface area contributed by atoms with Gasteiger partial charge in [-0.1, -0.05) is 6.07 Å². The molecule has 0 amide bonds. The number of nitro groups is 3. The van der Waals surface area contributed by atoms with E-state index in [1.165, 1.54) is 0 Å². The molecule has 0 fully saturated rings. The van der Waals surface area contributed by atoms with Crippen molar-refractivity contribution in [2.24, 2.45) is 0 Å². The second kappa shape index (κ2) is 5.26. The fourth-order valence-corrected chi connectivity index (χ4v) is 2.72. The minimum absolute atomic E-state index is 0.407. The fourth-order valence-electron chi connectivity index (χ4n) is 2.72. The van der Waals surface area contributed by atoms with Gasteiger partial charge in [-0.05, 0) is 6.07 Å². The summed E-state index contributed by atoms with van der Waals surface area (Å²) in [5.41, 5.74) is -4.90. The predicted molar refractivity (Wildman–Crippen MR) is 79.7 cm³/mol. The molecular weight excluding hydrogens is 338 g/mol. The van der Waals surface area contributed by atoms with Crippen LogP contribution in [0.2, 0.25) is 0 Å². The van der Waals surface area contributed by atoms with E-state index in [1.54, 1.807) is 0 Å². The molecule has 25 heavy (non-hydrogen) atoms. The van der Waals surface area contributed by atoms with Crippen molar-refractivity contribution in [3.63, 3.8) is 0 Å². The average molecular weight is 343 g/mol. The molecule has 2 aromatic rings. The highest BCUT2D eigenvalue weighted by Gasteiger charge is 2.43. The Labute approximate surface area is 136 Å². The first-order valence-corrected chi connectivity index (χ1v) is 6.58. The van der Waals surface area contributed by atoms with Crippen molar-refractivity contribution in [2.45, 2.75) is 0 Å². The van der Waals surface area contributed by atoms with Crippen LogP contribution in [0.5, 0.6) is 0 Å². The standard InChI is InChI=1S/C14H5N3O8/c18-13-6-2-1-3-7(15(20)21)10(6)14(19)12-9(17(24)25)5-4-8(11(12)13)16(22)23/h1-5H. The van der Waals surface area contributed by atoms with Crippen LogP contribution in [0.4, 0.5) is 17.1 Å². The lowest BCUT2D eigenvalue weighted by Gasteiger charge is -2.17. The van der Waals surface area contributed by atoms with Crippen molar-refractivity contribution in [1.29, 1.82) is 0 Å². The van der Waals surface area contributed by atoms with Crippen molar-refractivity contribution in [1.82, 2.24) is 0 Å². The van der Waals surface area contributed by atoms with Crippen LogP contribution >= 0.6 is 0 Å². The molecule has 0 spiro atoms. The van der Waals surface area contributed by atoms with Crippen LogP contribution in [0.1, 0.15) is 31.8 Å². The number of carbonyl (C=O) groups is 2. The third-order valence-electron chi connectivity index (χ3n) is 3.72.